The quantitative estimate of drug-likeness (QED) is 0.349. The Bertz CT molecular complexity index is 1200. The number of aromatic nitrogens is 4. The van der Waals surface area contributed by atoms with Crippen LogP contribution >= 0.6 is 11.6 Å². The van der Waals surface area contributed by atoms with Crippen LogP contribution in [0.15, 0.2) is 35.4 Å². The second kappa shape index (κ2) is 7.32. The molecule has 0 aliphatic rings. The number of aromatic hydroxyl groups is 1. The van der Waals surface area contributed by atoms with Crippen molar-refractivity contribution in [1.29, 1.82) is 0 Å². The number of aromatic amines is 1. The van der Waals surface area contributed by atoms with Gasteiger partial charge < -0.3 is 14.8 Å². The van der Waals surface area contributed by atoms with Crippen molar-refractivity contribution in [3.05, 3.63) is 46.5 Å². The van der Waals surface area contributed by atoms with E-state index >= 15 is 0 Å². The minimum absolute atomic E-state index is 0.0608. The van der Waals surface area contributed by atoms with E-state index in [4.69, 9.17) is 16.3 Å². The Labute approximate surface area is 165 Å². The van der Waals surface area contributed by atoms with Crippen molar-refractivity contribution >= 4 is 45.8 Å². The number of anilines is 1. The van der Waals surface area contributed by atoms with E-state index in [0.717, 1.165) is 17.3 Å². The summed E-state index contributed by atoms with van der Waals surface area (Å²) in [6, 6.07) is 9.25. The van der Waals surface area contributed by atoms with E-state index in [-0.39, 0.29) is 17.4 Å². The van der Waals surface area contributed by atoms with Crippen LogP contribution in [0, 0.1) is 0 Å². The molecule has 142 valence electrons. The molecule has 0 atom stereocenters. The zero-order chi connectivity index (χ0) is 19.7. The van der Waals surface area contributed by atoms with Crippen LogP contribution in [0.25, 0.3) is 22.1 Å². The molecule has 2 aromatic carbocycles. The van der Waals surface area contributed by atoms with Gasteiger partial charge in [-0.15, -0.1) is 10.2 Å². The molecule has 4 aromatic rings. The number of H-pyrrole nitrogens is 1. The molecule has 0 saturated carbocycles. The number of nitrogens with one attached hydrogen (secondary N) is 2. The molecule has 8 nitrogen and oxygen atoms in total. The number of ether oxygens (including phenoxy) is 1. The molecule has 0 amide bonds. The Morgan fingerprint density at radius 2 is 2.14 bits per heavy atom. The second-order valence-electron chi connectivity index (χ2n) is 6.11. The van der Waals surface area contributed by atoms with Crippen LogP contribution < -0.4 is 10.2 Å². The van der Waals surface area contributed by atoms with Gasteiger partial charge in [-0.1, -0.05) is 24.6 Å². The van der Waals surface area contributed by atoms with Crippen molar-refractivity contribution in [2.24, 2.45) is 5.10 Å². The van der Waals surface area contributed by atoms with Crippen molar-refractivity contribution in [2.45, 2.75) is 13.3 Å². The van der Waals surface area contributed by atoms with E-state index < -0.39 is 0 Å². The number of benzene rings is 2. The third-order valence-electron chi connectivity index (χ3n) is 4.34. The molecule has 2 heterocycles. The molecule has 0 saturated heterocycles. The van der Waals surface area contributed by atoms with E-state index in [0.29, 0.717) is 21.7 Å². The summed E-state index contributed by atoms with van der Waals surface area (Å²) in [5, 5.41) is 23.9. The fourth-order valence-corrected chi connectivity index (χ4v) is 3.11. The van der Waals surface area contributed by atoms with Gasteiger partial charge in [0.15, 0.2) is 17.1 Å². The Hall–Kier alpha value is -3.39. The molecule has 0 radical (unpaired) electrons. The van der Waals surface area contributed by atoms with Crippen molar-refractivity contribution in [2.75, 3.05) is 12.5 Å². The van der Waals surface area contributed by atoms with E-state index in [1.807, 2.05) is 6.07 Å². The lowest BCUT2D eigenvalue weighted by atomic mass is 10.1. The molecule has 0 aliphatic carbocycles. The molecule has 0 fully saturated rings. The van der Waals surface area contributed by atoms with Crippen molar-refractivity contribution in [1.82, 2.24) is 20.2 Å². The van der Waals surface area contributed by atoms with Crippen LogP contribution in [0.5, 0.6) is 11.5 Å². The summed E-state index contributed by atoms with van der Waals surface area (Å²) in [5.41, 5.74) is 6.59. The fourth-order valence-electron chi connectivity index (χ4n) is 2.89. The lowest BCUT2D eigenvalue weighted by Gasteiger charge is -2.06. The Kier molecular flexibility index (Phi) is 4.70. The van der Waals surface area contributed by atoms with Crippen LogP contribution in [0.4, 0.5) is 5.95 Å². The highest BCUT2D eigenvalue weighted by atomic mass is 35.5. The van der Waals surface area contributed by atoms with Gasteiger partial charge in [-0.2, -0.15) is 10.1 Å². The number of halogens is 1. The minimum Gasteiger partial charge on any atom is -0.504 e. The van der Waals surface area contributed by atoms with Gasteiger partial charge in [0.1, 0.15) is 5.52 Å². The third kappa shape index (κ3) is 3.29. The van der Waals surface area contributed by atoms with Crippen LogP contribution in [-0.2, 0) is 6.42 Å². The lowest BCUT2D eigenvalue weighted by Crippen LogP contribution is -1.99. The zero-order valence-corrected chi connectivity index (χ0v) is 15.9. The second-order valence-corrected chi connectivity index (χ2v) is 6.54. The number of hydrogen-bond acceptors (Lipinski definition) is 7. The first-order valence-corrected chi connectivity index (χ1v) is 8.97. The van der Waals surface area contributed by atoms with Crippen LogP contribution in [0.1, 0.15) is 18.1 Å². The SMILES string of the molecule is CCc1ccc2[nH]c3nc(N/N=C\c4cc(Cl)cc(OC)c4O)nnc3c2c1. The molecule has 0 bridgehead atoms. The maximum absolute atomic E-state index is 10.1. The van der Waals surface area contributed by atoms with Crippen molar-refractivity contribution in [3.8, 4) is 11.5 Å². The Morgan fingerprint density at radius 1 is 1.29 bits per heavy atom. The zero-order valence-electron chi connectivity index (χ0n) is 15.2. The molecule has 28 heavy (non-hydrogen) atoms. The standard InChI is InChI=1S/C19H17ClN6O2/c1-3-10-4-5-14-13(6-10)16-18(22-14)23-19(26-24-16)25-21-9-11-7-12(20)8-15(28-2)17(11)27/h4-9,27H,3H2,1-2H3,(H2,22,23,25,26)/b21-9-. The number of aryl methyl sites for hydroxylation is 1. The van der Waals surface area contributed by atoms with E-state index in [1.165, 1.54) is 25.0 Å². The van der Waals surface area contributed by atoms with Gasteiger partial charge in [0.05, 0.1) is 13.3 Å². The molecule has 4 rings (SSSR count). The van der Waals surface area contributed by atoms with Gasteiger partial charge in [0.25, 0.3) is 5.95 Å². The predicted molar refractivity (Wildman–Crippen MR) is 109 cm³/mol. The Balaban J connectivity index is 1.61. The van der Waals surface area contributed by atoms with E-state index in [1.54, 1.807) is 6.07 Å². The maximum atomic E-state index is 10.1. The fraction of sp³-hybridized carbons (Fsp3) is 0.158. The smallest absolute Gasteiger partial charge is 0.265 e. The Morgan fingerprint density at radius 3 is 2.93 bits per heavy atom. The summed E-state index contributed by atoms with van der Waals surface area (Å²) in [4.78, 5) is 7.64. The van der Waals surface area contributed by atoms with Crippen molar-refractivity contribution < 1.29 is 9.84 Å². The first-order chi connectivity index (χ1) is 13.6. The van der Waals surface area contributed by atoms with Gasteiger partial charge in [-0.25, -0.2) is 5.43 Å². The van der Waals surface area contributed by atoms with Gasteiger partial charge >= 0.3 is 0 Å². The van der Waals surface area contributed by atoms with Crippen LogP contribution in [0.3, 0.4) is 0 Å². The van der Waals surface area contributed by atoms with E-state index in [2.05, 4.69) is 49.7 Å². The first-order valence-electron chi connectivity index (χ1n) is 8.59. The number of phenolic OH excluding ortho intramolecular Hbond substituents is 1. The summed E-state index contributed by atoms with van der Waals surface area (Å²) in [7, 11) is 1.45. The monoisotopic (exact) mass is 396 g/mol. The molecule has 9 heteroatoms. The predicted octanol–water partition coefficient (Wildman–Crippen LogP) is 3.88. The number of nitrogens with zero attached hydrogens (tertiary/aromatic N) is 4. The summed E-state index contributed by atoms with van der Waals surface area (Å²) < 4.78 is 5.07. The average Bonchev–Trinajstić information content (AvgIpc) is 3.07. The number of phenols is 1. The molecule has 0 spiro atoms. The first kappa shape index (κ1) is 18.0. The molecule has 0 unspecified atom stereocenters. The summed E-state index contributed by atoms with van der Waals surface area (Å²) >= 11 is 6.01. The third-order valence-corrected chi connectivity index (χ3v) is 4.56. The minimum atomic E-state index is -0.0608. The number of hydrogen-bond donors (Lipinski definition) is 3. The van der Waals surface area contributed by atoms with Crippen LogP contribution in [-0.4, -0.2) is 38.6 Å². The summed E-state index contributed by atoms with van der Waals surface area (Å²) in [5.74, 6) is 0.423. The van der Waals surface area contributed by atoms with Gasteiger partial charge in [-0.05, 0) is 30.2 Å². The number of hydrazone groups is 1. The molecular formula is C19H17ClN6O2. The molecule has 0 aliphatic heterocycles. The summed E-state index contributed by atoms with van der Waals surface area (Å²) in [6.07, 6.45) is 2.34. The maximum Gasteiger partial charge on any atom is 0.265 e. The van der Waals surface area contributed by atoms with E-state index in [9.17, 15) is 5.11 Å². The van der Waals surface area contributed by atoms with Crippen molar-refractivity contribution in [3.63, 3.8) is 0 Å². The topological polar surface area (TPSA) is 108 Å². The van der Waals surface area contributed by atoms with Gasteiger partial charge in [0.2, 0.25) is 0 Å². The summed E-state index contributed by atoms with van der Waals surface area (Å²) in [6.45, 7) is 2.10. The highest BCUT2D eigenvalue weighted by molar-refractivity contribution is 6.31. The highest BCUT2D eigenvalue weighted by Gasteiger charge is 2.10. The largest absolute Gasteiger partial charge is 0.504 e. The molecule has 2 aromatic heterocycles. The lowest BCUT2D eigenvalue weighted by molar-refractivity contribution is 0.373. The number of fused-ring (bicyclic) bond motifs is 3. The average molecular weight is 397 g/mol. The number of rotatable bonds is 5. The number of methoxy groups -OCH3 is 1. The molecular weight excluding hydrogens is 380 g/mol. The highest BCUT2D eigenvalue weighted by Crippen LogP contribution is 2.32. The van der Waals surface area contributed by atoms with Crippen LogP contribution in [0.2, 0.25) is 5.02 Å². The van der Waals surface area contributed by atoms with Gasteiger partial charge in [0, 0.05) is 27.6 Å². The normalized spacial score (nSPS) is 11.5. The van der Waals surface area contributed by atoms with Gasteiger partial charge in [-0.3, -0.25) is 0 Å². The molecule has 3 N–H and O–H groups in total.